The van der Waals surface area contributed by atoms with Crippen molar-refractivity contribution in [1.29, 1.82) is 0 Å². The SMILES string of the molecule is CN(c1ccccc1)c1ncnc(N2CCN(Cc3ccc4c(c3)OCO4)CC2)c1[N+](=O)[O-]. The fraction of sp³-hybridized carbons (Fsp3) is 0.304. The van der Waals surface area contributed by atoms with E-state index in [0.717, 1.165) is 42.4 Å². The Morgan fingerprint density at radius 1 is 1.03 bits per heavy atom. The Morgan fingerprint density at radius 2 is 1.79 bits per heavy atom. The number of fused-ring (bicyclic) bond motifs is 1. The quantitative estimate of drug-likeness (QED) is 0.416. The van der Waals surface area contributed by atoms with E-state index in [1.807, 2.05) is 53.4 Å². The smallest absolute Gasteiger partial charge is 0.353 e. The first-order chi connectivity index (χ1) is 16.1. The summed E-state index contributed by atoms with van der Waals surface area (Å²) < 4.78 is 10.8. The van der Waals surface area contributed by atoms with E-state index in [1.165, 1.54) is 6.33 Å². The van der Waals surface area contributed by atoms with Gasteiger partial charge in [0, 0.05) is 45.5 Å². The molecule has 0 N–H and O–H groups in total. The van der Waals surface area contributed by atoms with Crippen molar-refractivity contribution < 1.29 is 14.4 Å². The van der Waals surface area contributed by atoms with E-state index in [-0.39, 0.29) is 23.2 Å². The van der Waals surface area contributed by atoms with Gasteiger partial charge >= 0.3 is 5.69 Å². The molecule has 33 heavy (non-hydrogen) atoms. The molecule has 0 atom stereocenters. The maximum atomic E-state index is 12.1. The lowest BCUT2D eigenvalue weighted by Crippen LogP contribution is -2.46. The summed E-state index contributed by atoms with van der Waals surface area (Å²) in [5, 5.41) is 12.1. The zero-order valence-electron chi connectivity index (χ0n) is 18.3. The average Bonchev–Trinajstić information content (AvgIpc) is 3.32. The number of nitro groups is 1. The highest BCUT2D eigenvalue weighted by Crippen LogP contribution is 2.37. The first-order valence-electron chi connectivity index (χ1n) is 10.7. The van der Waals surface area contributed by atoms with Gasteiger partial charge in [-0.2, -0.15) is 0 Å². The summed E-state index contributed by atoms with van der Waals surface area (Å²) in [5.74, 6) is 2.18. The summed E-state index contributed by atoms with van der Waals surface area (Å²) in [7, 11) is 1.78. The van der Waals surface area contributed by atoms with Crippen LogP contribution in [-0.4, -0.2) is 59.8 Å². The van der Waals surface area contributed by atoms with Crippen molar-refractivity contribution in [2.75, 3.05) is 49.8 Å². The molecule has 0 radical (unpaired) electrons. The Balaban J connectivity index is 1.31. The van der Waals surface area contributed by atoms with Crippen LogP contribution in [0.5, 0.6) is 11.5 Å². The number of para-hydroxylation sites is 1. The maximum absolute atomic E-state index is 12.1. The topological polar surface area (TPSA) is 97.1 Å². The van der Waals surface area contributed by atoms with Crippen LogP contribution in [0.2, 0.25) is 0 Å². The number of aromatic nitrogens is 2. The molecule has 0 amide bonds. The van der Waals surface area contributed by atoms with Gasteiger partial charge < -0.3 is 19.3 Å². The predicted molar refractivity (Wildman–Crippen MR) is 123 cm³/mol. The molecule has 2 aliphatic heterocycles. The number of benzene rings is 2. The molecule has 0 saturated carbocycles. The highest BCUT2D eigenvalue weighted by molar-refractivity contribution is 5.75. The molecule has 0 aliphatic carbocycles. The minimum Gasteiger partial charge on any atom is -0.454 e. The standard InChI is InChI=1S/C23H24N6O4/c1-26(18-5-3-2-4-6-18)22-21(29(30)31)23(25-15-24-22)28-11-9-27(10-12-28)14-17-7-8-19-20(13-17)33-16-32-19/h2-8,13,15H,9-12,14,16H2,1H3. The lowest BCUT2D eigenvalue weighted by atomic mass is 10.1. The minimum atomic E-state index is -0.386. The van der Waals surface area contributed by atoms with Crippen molar-refractivity contribution in [3.8, 4) is 11.5 Å². The summed E-state index contributed by atoms with van der Waals surface area (Å²) in [6, 6.07) is 15.4. The highest BCUT2D eigenvalue weighted by Gasteiger charge is 2.31. The second kappa shape index (κ2) is 8.91. The predicted octanol–water partition coefficient (Wildman–Crippen LogP) is 3.20. The molecule has 10 heteroatoms. The van der Waals surface area contributed by atoms with Crippen LogP contribution in [0.3, 0.4) is 0 Å². The summed E-state index contributed by atoms with van der Waals surface area (Å²) in [6.45, 7) is 3.83. The molecule has 2 aliphatic rings. The van der Waals surface area contributed by atoms with Crippen molar-refractivity contribution in [3.63, 3.8) is 0 Å². The second-order valence-electron chi connectivity index (χ2n) is 7.97. The van der Waals surface area contributed by atoms with E-state index >= 15 is 0 Å². The number of hydrogen-bond donors (Lipinski definition) is 0. The van der Waals surface area contributed by atoms with E-state index in [1.54, 1.807) is 11.9 Å². The number of hydrogen-bond acceptors (Lipinski definition) is 9. The van der Waals surface area contributed by atoms with Gasteiger partial charge in [-0.15, -0.1) is 0 Å². The Morgan fingerprint density at radius 3 is 2.55 bits per heavy atom. The zero-order valence-corrected chi connectivity index (χ0v) is 18.3. The van der Waals surface area contributed by atoms with E-state index in [9.17, 15) is 10.1 Å². The molecule has 170 valence electrons. The molecule has 3 heterocycles. The summed E-state index contributed by atoms with van der Waals surface area (Å²) >= 11 is 0. The fourth-order valence-electron chi connectivity index (χ4n) is 4.19. The lowest BCUT2D eigenvalue weighted by Gasteiger charge is -2.35. The first kappa shape index (κ1) is 21.0. The van der Waals surface area contributed by atoms with Crippen molar-refractivity contribution >= 4 is 23.0 Å². The number of nitrogens with zero attached hydrogens (tertiary/aromatic N) is 6. The number of rotatable bonds is 6. The van der Waals surface area contributed by atoms with Crippen LogP contribution in [0.15, 0.2) is 54.9 Å². The summed E-state index contributed by atoms with van der Waals surface area (Å²) in [6.07, 6.45) is 1.40. The third kappa shape index (κ3) is 4.24. The molecular weight excluding hydrogens is 424 g/mol. The largest absolute Gasteiger partial charge is 0.454 e. The van der Waals surface area contributed by atoms with Gasteiger partial charge in [-0.05, 0) is 29.8 Å². The van der Waals surface area contributed by atoms with Gasteiger partial charge in [-0.1, -0.05) is 24.3 Å². The molecule has 0 spiro atoms. The van der Waals surface area contributed by atoms with Crippen LogP contribution in [0, 0.1) is 10.1 Å². The molecule has 0 unspecified atom stereocenters. The van der Waals surface area contributed by atoms with Crippen molar-refractivity contribution in [2.24, 2.45) is 0 Å². The van der Waals surface area contributed by atoms with Gasteiger partial charge in [0.15, 0.2) is 11.5 Å². The van der Waals surface area contributed by atoms with E-state index < -0.39 is 0 Å². The van der Waals surface area contributed by atoms with Gasteiger partial charge in [0.1, 0.15) is 6.33 Å². The van der Waals surface area contributed by atoms with Crippen LogP contribution in [0.25, 0.3) is 0 Å². The third-order valence-corrected chi connectivity index (χ3v) is 5.94. The Kier molecular flexibility index (Phi) is 5.66. The Bertz CT molecular complexity index is 1150. The first-order valence-corrected chi connectivity index (χ1v) is 10.7. The number of piperazine rings is 1. The van der Waals surface area contributed by atoms with Crippen molar-refractivity contribution in [3.05, 3.63) is 70.5 Å². The summed E-state index contributed by atoms with van der Waals surface area (Å²) in [5.41, 5.74) is 1.89. The molecule has 10 nitrogen and oxygen atoms in total. The Labute approximate surface area is 191 Å². The van der Waals surface area contributed by atoms with Gasteiger partial charge in [0.25, 0.3) is 0 Å². The van der Waals surface area contributed by atoms with Gasteiger partial charge in [-0.3, -0.25) is 15.0 Å². The fourth-order valence-corrected chi connectivity index (χ4v) is 4.19. The van der Waals surface area contributed by atoms with Crippen LogP contribution >= 0.6 is 0 Å². The number of ether oxygens (including phenoxy) is 2. The number of anilines is 3. The van der Waals surface area contributed by atoms with Crippen LogP contribution in [-0.2, 0) is 6.54 Å². The highest BCUT2D eigenvalue weighted by atomic mass is 16.7. The van der Waals surface area contributed by atoms with E-state index in [2.05, 4.69) is 14.9 Å². The van der Waals surface area contributed by atoms with Crippen molar-refractivity contribution in [1.82, 2.24) is 14.9 Å². The van der Waals surface area contributed by atoms with E-state index in [0.29, 0.717) is 18.9 Å². The normalized spacial score (nSPS) is 15.5. The molecule has 1 saturated heterocycles. The molecular formula is C23H24N6O4. The van der Waals surface area contributed by atoms with Crippen LogP contribution in [0.1, 0.15) is 5.56 Å². The minimum absolute atomic E-state index is 0.0759. The molecule has 5 rings (SSSR count). The van der Waals surface area contributed by atoms with Gasteiger partial charge in [-0.25, -0.2) is 9.97 Å². The van der Waals surface area contributed by atoms with Crippen LogP contribution < -0.4 is 19.3 Å². The second-order valence-corrected chi connectivity index (χ2v) is 7.97. The zero-order chi connectivity index (χ0) is 22.8. The monoisotopic (exact) mass is 448 g/mol. The Hall–Kier alpha value is -3.92. The molecule has 3 aromatic rings. The molecule has 2 aromatic carbocycles. The molecule has 0 bridgehead atoms. The van der Waals surface area contributed by atoms with Gasteiger partial charge in [0.05, 0.1) is 4.92 Å². The van der Waals surface area contributed by atoms with Crippen LogP contribution in [0.4, 0.5) is 23.0 Å². The maximum Gasteiger partial charge on any atom is 0.353 e. The summed E-state index contributed by atoms with van der Waals surface area (Å²) in [4.78, 5) is 26.2. The molecule has 1 fully saturated rings. The average molecular weight is 448 g/mol. The van der Waals surface area contributed by atoms with E-state index in [4.69, 9.17) is 9.47 Å². The molecule has 1 aromatic heterocycles. The van der Waals surface area contributed by atoms with Crippen molar-refractivity contribution in [2.45, 2.75) is 6.54 Å². The van der Waals surface area contributed by atoms with Gasteiger partial charge in [0.2, 0.25) is 18.4 Å². The lowest BCUT2D eigenvalue weighted by molar-refractivity contribution is -0.383. The third-order valence-electron chi connectivity index (χ3n) is 5.94.